The molecule has 0 atom stereocenters. The molecule has 3 rings (SSSR count). The van der Waals surface area contributed by atoms with E-state index in [0.29, 0.717) is 6.10 Å². The maximum absolute atomic E-state index is 5.93. The van der Waals surface area contributed by atoms with Crippen LogP contribution in [0, 0.1) is 6.92 Å². The van der Waals surface area contributed by atoms with Gasteiger partial charge in [0.2, 0.25) is 0 Å². The Morgan fingerprint density at radius 3 is 2.67 bits per heavy atom. The summed E-state index contributed by atoms with van der Waals surface area (Å²) in [6.07, 6.45) is 6.88. The average molecular weight is 285 g/mol. The summed E-state index contributed by atoms with van der Waals surface area (Å²) in [6.45, 7) is 3.50. The first-order chi connectivity index (χ1) is 10.3. The van der Waals surface area contributed by atoms with Crippen LogP contribution in [0.2, 0.25) is 0 Å². The molecule has 1 aliphatic carbocycles. The minimum absolute atomic E-state index is 0.460. The molecule has 1 N–H and O–H groups in total. The molecule has 1 aromatic heterocycles. The van der Waals surface area contributed by atoms with E-state index in [-0.39, 0.29) is 0 Å². The van der Waals surface area contributed by atoms with Gasteiger partial charge >= 0.3 is 0 Å². The third kappa shape index (κ3) is 3.50. The van der Waals surface area contributed by atoms with Crippen LogP contribution in [-0.2, 0) is 4.74 Å². The van der Waals surface area contributed by atoms with Crippen LogP contribution in [0.4, 0.5) is 5.82 Å². The highest BCUT2D eigenvalue weighted by atomic mass is 16.5. The van der Waals surface area contributed by atoms with Crippen molar-refractivity contribution in [3.8, 4) is 0 Å². The maximum atomic E-state index is 5.93. The van der Waals surface area contributed by atoms with Crippen LogP contribution in [0.1, 0.15) is 37.8 Å². The number of benzene rings is 1. The van der Waals surface area contributed by atoms with Crippen molar-refractivity contribution in [1.82, 2.24) is 10.2 Å². The van der Waals surface area contributed by atoms with Gasteiger partial charge in [0.05, 0.1) is 18.4 Å². The Morgan fingerprint density at radius 2 is 1.86 bits per heavy atom. The molecule has 0 radical (unpaired) electrons. The summed E-state index contributed by atoms with van der Waals surface area (Å²) in [4.78, 5) is 0. The summed E-state index contributed by atoms with van der Waals surface area (Å²) in [5, 5.41) is 14.1. The topological polar surface area (TPSA) is 47.0 Å². The summed E-state index contributed by atoms with van der Waals surface area (Å²) in [6, 6.07) is 8.24. The van der Waals surface area contributed by atoms with E-state index in [4.69, 9.17) is 4.74 Å². The second-order valence-electron chi connectivity index (χ2n) is 5.74. The SMILES string of the molecule is Cc1nnc(NCCOC2CCCCC2)c2ccccc12. The van der Waals surface area contributed by atoms with Crippen molar-refractivity contribution in [1.29, 1.82) is 0 Å². The molecule has 1 fully saturated rings. The second-order valence-corrected chi connectivity index (χ2v) is 5.74. The van der Waals surface area contributed by atoms with E-state index in [9.17, 15) is 0 Å². The molecule has 1 aromatic carbocycles. The zero-order valence-corrected chi connectivity index (χ0v) is 12.6. The molecule has 0 unspecified atom stereocenters. The minimum Gasteiger partial charge on any atom is -0.376 e. The quantitative estimate of drug-likeness (QED) is 0.851. The van der Waals surface area contributed by atoms with Crippen LogP contribution in [0.5, 0.6) is 0 Å². The van der Waals surface area contributed by atoms with Gasteiger partial charge in [0.25, 0.3) is 0 Å². The van der Waals surface area contributed by atoms with Crippen molar-refractivity contribution in [3.63, 3.8) is 0 Å². The first-order valence-electron chi connectivity index (χ1n) is 7.92. The fourth-order valence-electron chi connectivity index (χ4n) is 3.00. The van der Waals surface area contributed by atoms with Crippen LogP contribution in [-0.4, -0.2) is 29.5 Å². The predicted octanol–water partition coefficient (Wildman–Crippen LogP) is 3.70. The lowest BCUT2D eigenvalue weighted by Gasteiger charge is -2.22. The highest BCUT2D eigenvalue weighted by molar-refractivity contribution is 5.92. The molecule has 4 heteroatoms. The lowest BCUT2D eigenvalue weighted by molar-refractivity contribution is 0.0347. The average Bonchev–Trinajstić information content (AvgIpc) is 2.55. The number of nitrogens with zero attached hydrogens (tertiary/aromatic N) is 2. The Bertz CT molecular complexity index is 594. The van der Waals surface area contributed by atoms with Crippen molar-refractivity contribution in [3.05, 3.63) is 30.0 Å². The Hall–Kier alpha value is -1.68. The number of nitrogens with one attached hydrogen (secondary N) is 1. The van der Waals surface area contributed by atoms with Gasteiger partial charge in [-0.05, 0) is 19.8 Å². The fraction of sp³-hybridized carbons (Fsp3) is 0.529. The number of hydrogen-bond donors (Lipinski definition) is 1. The van der Waals surface area contributed by atoms with E-state index in [0.717, 1.165) is 35.4 Å². The van der Waals surface area contributed by atoms with E-state index in [1.807, 2.05) is 19.1 Å². The molecule has 1 heterocycles. The molecule has 1 saturated carbocycles. The highest BCUT2D eigenvalue weighted by Gasteiger charge is 2.13. The number of hydrogen-bond acceptors (Lipinski definition) is 4. The smallest absolute Gasteiger partial charge is 0.156 e. The molecule has 112 valence electrons. The number of rotatable bonds is 5. The maximum Gasteiger partial charge on any atom is 0.156 e. The zero-order chi connectivity index (χ0) is 14.5. The summed E-state index contributed by atoms with van der Waals surface area (Å²) in [7, 11) is 0. The first-order valence-corrected chi connectivity index (χ1v) is 7.92. The van der Waals surface area contributed by atoms with Crippen LogP contribution < -0.4 is 5.32 Å². The predicted molar refractivity (Wildman–Crippen MR) is 85.6 cm³/mol. The molecule has 0 aliphatic heterocycles. The Morgan fingerprint density at radius 1 is 1.10 bits per heavy atom. The van der Waals surface area contributed by atoms with E-state index < -0.39 is 0 Å². The zero-order valence-electron chi connectivity index (χ0n) is 12.6. The summed E-state index contributed by atoms with van der Waals surface area (Å²) >= 11 is 0. The Balaban J connectivity index is 1.57. The summed E-state index contributed by atoms with van der Waals surface area (Å²) in [5.41, 5.74) is 0.967. The third-order valence-corrected chi connectivity index (χ3v) is 4.17. The highest BCUT2D eigenvalue weighted by Crippen LogP contribution is 2.22. The normalized spacial score (nSPS) is 16.2. The van der Waals surface area contributed by atoms with Crippen LogP contribution in [0.25, 0.3) is 10.8 Å². The molecular weight excluding hydrogens is 262 g/mol. The molecule has 0 saturated heterocycles. The van der Waals surface area contributed by atoms with Crippen molar-refractivity contribution in [2.75, 3.05) is 18.5 Å². The number of anilines is 1. The Kier molecular flexibility index (Phi) is 4.65. The van der Waals surface area contributed by atoms with E-state index in [2.05, 4.69) is 27.6 Å². The van der Waals surface area contributed by atoms with E-state index >= 15 is 0 Å². The van der Waals surface area contributed by atoms with Crippen LogP contribution in [0.15, 0.2) is 24.3 Å². The van der Waals surface area contributed by atoms with Gasteiger partial charge in [0, 0.05) is 17.3 Å². The van der Waals surface area contributed by atoms with E-state index in [1.54, 1.807) is 0 Å². The van der Waals surface area contributed by atoms with Crippen LogP contribution >= 0.6 is 0 Å². The molecule has 0 bridgehead atoms. The minimum atomic E-state index is 0.460. The van der Waals surface area contributed by atoms with Crippen molar-refractivity contribution < 1.29 is 4.74 Å². The number of aromatic nitrogens is 2. The van der Waals surface area contributed by atoms with Gasteiger partial charge in [0.15, 0.2) is 5.82 Å². The number of ether oxygens (including phenoxy) is 1. The van der Waals surface area contributed by atoms with Crippen LogP contribution in [0.3, 0.4) is 0 Å². The molecule has 4 nitrogen and oxygen atoms in total. The van der Waals surface area contributed by atoms with Gasteiger partial charge in [-0.15, -0.1) is 5.10 Å². The summed E-state index contributed by atoms with van der Waals surface area (Å²) < 4.78 is 5.93. The van der Waals surface area contributed by atoms with Gasteiger partial charge in [-0.25, -0.2) is 0 Å². The van der Waals surface area contributed by atoms with Gasteiger partial charge < -0.3 is 10.1 Å². The van der Waals surface area contributed by atoms with Gasteiger partial charge in [-0.1, -0.05) is 43.5 Å². The van der Waals surface area contributed by atoms with Crippen molar-refractivity contribution in [2.24, 2.45) is 0 Å². The molecule has 0 amide bonds. The van der Waals surface area contributed by atoms with Gasteiger partial charge in [-0.2, -0.15) is 5.10 Å². The molecular formula is C17H23N3O. The Labute approximate surface area is 125 Å². The summed E-state index contributed by atoms with van der Waals surface area (Å²) in [5.74, 6) is 0.850. The standard InChI is InChI=1S/C17H23N3O/c1-13-15-9-5-6-10-16(15)17(20-19-13)18-11-12-21-14-7-3-2-4-8-14/h5-6,9-10,14H,2-4,7-8,11-12H2,1H3,(H,18,20). The fourth-order valence-corrected chi connectivity index (χ4v) is 3.00. The monoisotopic (exact) mass is 285 g/mol. The van der Waals surface area contributed by atoms with Crippen molar-refractivity contribution in [2.45, 2.75) is 45.1 Å². The lowest BCUT2D eigenvalue weighted by atomic mass is 9.98. The molecule has 2 aromatic rings. The first kappa shape index (κ1) is 14.3. The molecule has 0 spiro atoms. The third-order valence-electron chi connectivity index (χ3n) is 4.17. The van der Waals surface area contributed by atoms with Crippen molar-refractivity contribution >= 4 is 16.6 Å². The largest absolute Gasteiger partial charge is 0.376 e. The van der Waals surface area contributed by atoms with E-state index in [1.165, 1.54) is 32.1 Å². The number of aryl methyl sites for hydroxylation is 1. The molecule has 1 aliphatic rings. The van der Waals surface area contributed by atoms with Gasteiger partial charge in [-0.3, -0.25) is 0 Å². The number of fused-ring (bicyclic) bond motifs is 1. The second kappa shape index (κ2) is 6.85. The lowest BCUT2D eigenvalue weighted by Crippen LogP contribution is -2.20. The molecule has 21 heavy (non-hydrogen) atoms. The van der Waals surface area contributed by atoms with Gasteiger partial charge in [0.1, 0.15) is 0 Å².